The molecule has 0 radical (unpaired) electrons. The molecule has 0 bridgehead atoms. The molecule has 27 heavy (non-hydrogen) atoms. The van der Waals surface area contributed by atoms with Crippen molar-refractivity contribution in [3.05, 3.63) is 10.5 Å². The molecule has 8 nitrogen and oxygen atoms in total. The number of unbranched alkanes of at least 4 members (excludes halogenated alkanes) is 1. The average Bonchev–Trinajstić information content (AvgIpc) is 2.96. The lowest BCUT2D eigenvalue weighted by Gasteiger charge is -2.26. The first-order valence-corrected chi connectivity index (χ1v) is 10.3. The third-order valence-electron chi connectivity index (χ3n) is 5.30. The van der Waals surface area contributed by atoms with Gasteiger partial charge in [-0.2, -0.15) is 9.97 Å². The zero-order valence-corrected chi connectivity index (χ0v) is 16.6. The van der Waals surface area contributed by atoms with Gasteiger partial charge in [0.1, 0.15) is 5.52 Å². The first-order chi connectivity index (χ1) is 13.1. The van der Waals surface area contributed by atoms with E-state index < -0.39 is 0 Å². The fourth-order valence-corrected chi connectivity index (χ4v) is 3.84. The highest BCUT2D eigenvalue weighted by Crippen LogP contribution is 2.18. The first-order valence-electron chi connectivity index (χ1n) is 10.3. The van der Waals surface area contributed by atoms with E-state index in [1.165, 1.54) is 32.4 Å². The van der Waals surface area contributed by atoms with E-state index in [4.69, 9.17) is 5.73 Å². The van der Waals surface area contributed by atoms with Crippen LogP contribution in [0.2, 0.25) is 0 Å². The van der Waals surface area contributed by atoms with Gasteiger partial charge in [0, 0.05) is 12.6 Å². The molecule has 1 aliphatic heterocycles. The summed E-state index contributed by atoms with van der Waals surface area (Å²) in [6.45, 7) is 8.41. The van der Waals surface area contributed by atoms with E-state index in [2.05, 4.69) is 39.0 Å². The maximum absolute atomic E-state index is 12.4. The van der Waals surface area contributed by atoms with Gasteiger partial charge in [0.25, 0.3) is 0 Å². The van der Waals surface area contributed by atoms with Crippen LogP contribution in [-0.2, 0) is 6.54 Å². The van der Waals surface area contributed by atoms with Crippen molar-refractivity contribution in [3.63, 3.8) is 0 Å². The van der Waals surface area contributed by atoms with Crippen LogP contribution in [0.3, 0.4) is 0 Å². The lowest BCUT2D eigenvalue weighted by Crippen LogP contribution is -2.30. The van der Waals surface area contributed by atoms with Gasteiger partial charge < -0.3 is 20.9 Å². The van der Waals surface area contributed by atoms with Crippen LogP contribution in [-0.4, -0.2) is 50.1 Å². The van der Waals surface area contributed by atoms with Gasteiger partial charge in [0.2, 0.25) is 5.95 Å². The van der Waals surface area contributed by atoms with E-state index in [-0.39, 0.29) is 11.7 Å². The SMILES string of the molecule is CCC[C@H](C)Nc1nc(N)c2[nH]c(=O)n(CCCCN3CCCCC3)c2n1. The molecule has 0 saturated carbocycles. The fraction of sp³-hybridized carbons (Fsp3) is 0.737. The monoisotopic (exact) mass is 375 g/mol. The molecule has 4 N–H and O–H groups in total. The topological polar surface area (TPSA) is 105 Å². The second-order valence-electron chi connectivity index (χ2n) is 7.66. The summed E-state index contributed by atoms with van der Waals surface area (Å²) < 4.78 is 1.69. The van der Waals surface area contributed by atoms with Crippen LogP contribution in [0.15, 0.2) is 4.79 Å². The van der Waals surface area contributed by atoms with Crippen LogP contribution < -0.4 is 16.7 Å². The van der Waals surface area contributed by atoms with Crippen LogP contribution >= 0.6 is 0 Å². The number of nitrogens with one attached hydrogen (secondary N) is 2. The van der Waals surface area contributed by atoms with E-state index >= 15 is 0 Å². The predicted molar refractivity (Wildman–Crippen MR) is 110 cm³/mol. The minimum Gasteiger partial charge on any atom is -0.382 e. The second kappa shape index (κ2) is 9.21. The van der Waals surface area contributed by atoms with Gasteiger partial charge >= 0.3 is 5.69 Å². The first kappa shape index (κ1) is 19.7. The number of nitrogens with zero attached hydrogens (tertiary/aromatic N) is 4. The molecule has 0 amide bonds. The number of nitrogens with two attached hydrogens (primary N) is 1. The lowest BCUT2D eigenvalue weighted by atomic mass is 10.1. The number of hydrogen-bond donors (Lipinski definition) is 3. The van der Waals surface area contributed by atoms with E-state index in [9.17, 15) is 4.79 Å². The molecule has 150 valence electrons. The maximum atomic E-state index is 12.4. The Hall–Kier alpha value is -2.09. The van der Waals surface area contributed by atoms with Crippen molar-refractivity contribution in [2.24, 2.45) is 0 Å². The summed E-state index contributed by atoms with van der Waals surface area (Å²) in [6.07, 6.45) is 8.11. The van der Waals surface area contributed by atoms with Crippen LogP contribution in [0.25, 0.3) is 11.2 Å². The Morgan fingerprint density at radius 1 is 1.19 bits per heavy atom. The lowest BCUT2D eigenvalue weighted by molar-refractivity contribution is 0.223. The molecule has 1 aliphatic rings. The zero-order chi connectivity index (χ0) is 19.2. The summed E-state index contributed by atoms with van der Waals surface area (Å²) in [5.74, 6) is 0.803. The number of aromatic amines is 1. The van der Waals surface area contributed by atoms with Gasteiger partial charge in [0.15, 0.2) is 11.5 Å². The van der Waals surface area contributed by atoms with Crippen LogP contribution in [0.1, 0.15) is 58.8 Å². The van der Waals surface area contributed by atoms with Crippen LogP contribution in [0.5, 0.6) is 0 Å². The Morgan fingerprint density at radius 3 is 2.67 bits per heavy atom. The van der Waals surface area contributed by atoms with Gasteiger partial charge in [-0.1, -0.05) is 19.8 Å². The number of likely N-dealkylation sites (tertiary alicyclic amines) is 1. The molecule has 1 atom stereocenters. The molecular weight excluding hydrogens is 342 g/mol. The van der Waals surface area contributed by atoms with Crippen molar-refractivity contribution in [1.29, 1.82) is 0 Å². The minimum absolute atomic E-state index is 0.164. The molecular formula is C19H33N7O. The summed E-state index contributed by atoms with van der Waals surface area (Å²) in [7, 11) is 0. The minimum atomic E-state index is -0.164. The molecule has 2 aromatic heterocycles. The molecule has 3 rings (SSSR count). The van der Waals surface area contributed by atoms with Gasteiger partial charge in [-0.25, -0.2) is 4.79 Å². The summed E-state index contributed by atoms with van der Waals surface area (Å²) in [4.78, 5) is 26.6. The Balaban J connectivity index is 1.67. The standard InChI is InChI=1S/C19H33N7O/c1-3-9-14(2)21-18-23-16(20)15-17(24-18)26(19(27)22-15)13-8-7-12-25-10-5-4-6-11-25/h14H,3-13H2,1-2H3,(H,22,27)(H3,20,21,23,24)/t14-/m0/s1. The Labute approximate surface area is 160 Å². The number of anilines is 2. The number of fused-ring (bicyclic) bond motifs is 1. The number of aromatic nitrogens is 4. The normalized spacial score (nSPS) is 16.7. The van der Waals surface area contributed by atoms with Crippen LogP contribution in [0, 0.1) is 0 Å². The third kappa shape index (κ3) is 5.00. The average molecular weight is 376 g/mol. The number of hydrogen-bond acceptors (Lipinski definition) is 6. The van der Waals surface area contributed by atoms with Gasteiger partial charge in [0.05, 0.1) is 0 Å². The molecule has 2 aromatic rings. The van der Waals surface area contributed by atoms with E-state index in [1.807, 2.05) is 0 Å². The fourth-order valence-electron chi connectivity index (χ4n) is 3.84. The number of aryl methyl sites for hydroxylation is 1. The molecule has 0 spiro atoms. The Morgan fingerprint density at radius 2 is 1.93 bits per heavy atom. The number of imidazole rings is 1. The van der Waals surface area contributed by atoms with Crippen molar-refractivity contribution >= 4 is 22.9 Å². The number of piperidine rings is 1. The highest BCUT2D eigenvalue weighted by atomic mass is 16.1. The van der Waals surface area contributed by atoms with E-state index in [0.717, 1.165) is 32.2 Å². The van der Waals surface area contributed by atoms with Crippen molar-refractivity contribution in [2.45, 2.75) is 71.4 Å². The zero-order valence-electron chi connectivity index (χ0n) is 16.6. The summed E-state index contributed by atoms with van der Waals surface area (Å²) in [5, 5.41) is 3.28. The summed E-state index contributed by atoms with van der Waals surface area (Å²) in [5.41, 5.74) is 7.02. The maximum Gasteiger partial charge on any atom is 0.327 e. The number of nitrogen functional groups attached to an aromatic ring is 1. The molecule has 0 aliphatic carbocycles. The van der Waals surface area contributed by atoms with Gasteiger partial charge in [-0.3, -0.25) is 4.57 Å². The third-order valence-corrected chi connectivity index (χ3v) is 5.30. The summed E-state index contributed by atoms with van der Waals surface area (Å²) in [6, 6.07) is 0.260. The second-order valence-corrected chi connectivity index (χ2v) is 7.66. The number of H-pyrrole nitrogens is 1. The van der Waals surface area contributed by atoms with Crippen molar-refractivity contribution in [1.82, 2.24) is 24.4 Å². The highest BCUT2D eigenvalue weighted by Gasteiger charge is 2.15. The van der Waals surface area contributed by atoms with Gasteiger partial charge in [-0.05, 0) is 58.7 Å². The van der Waals surface area contributed by atoms with Crippen molar-refractivity contribution in [3.8, 4) is 0 Å². The predicted octanol–water partition coefficient (Wildman–Crippen LogP) is 2.57. The summed E-state index contributed by atoms with van der Waals surface area (Å²) >= 11 is 0. The number of rotatable bonds is 9. The molecule has 8 heteroatoms. The molecule has 1 fully saturated rings. The molecule has 0 unspecified atom stereocenters. The van der Waals surface area contributed by atoms with Crippen molar-refractivity contribution < 1.29 is 0 Å². The van der Waals surface area contributed by atoms with Crippen molar-refractivity contribution in [2.75, 3.05) is 30.7 Å². The van der Waals surface area contributed by atoms with E-state index in [0.29, 0.717) is 29.5 Å². The Bertz CT molecular complexity index is 791. The largest absolute Gasteiger partial charge is 0.382 e. The smallest absolute Gasteiger partial charge is 0.327 e. The van der Waals surface area contributed by atoms with E-state index in [1.54, 1.807) is 4.57 Å². The molecule has 1 saturated heterocycles. The molecule has 0 aromatic carbocycles. The van der Waals surface area contributed by atoms with Gasteiger partial charge in [-0.15, -0.1) is 0 Å². The quantitative estimate of drug-likeness (QED) is 0.582. The molecule has 3 heterocycles. The highest BCUT2D eigenvalue weighted by molar-refractivity contribution is 5.82. The Kier molecular flexibility index (Phi) is 6.71. The van der Waals surface area contributed by atoms with Crippen LogP contribution in [0.4, 0.5) is 11.8 Å².